The number of aldehydes is 1. The molecular formula is C15H22O4. The van der Waals surface area contributed by atoms with E-state index < -0.39 is 6.10 Å². The summed E-state index contributed by atoms with van der Waals surface area (Å²) in [6.07, 6.45) is 4.15. The first-order valence-corrected chi connectivity index (χ1v) is 6.47. The van der Waals surface area contributed by atoms with Crippen LogP contribution in [0.25, 0.3) is 0 Å². The molecule has 0 saturated carbocycles. The SMILES string of the molecule is CC1=CC(C)(C)C(C=O)=CC1OC(=O)CC(C)CO. The maximum absolute atomic E-state index is 11.7. The van der Waals surface area contributed by atoms with Crippen molar-refractivity contribution in [3.8, 4) is 0 Å². The zero-order valence-corrected chi connectivity index (χ0v) is 12.0. The Morgan fingerprint density at radius 3 is 2.74 bits per heavy atom. The van der Waals surface area contributed by atoms with E-state index in [0.717, 1.165) is 11.9 Å². The molecule has 4 nitrogen and oxygen atoms in total. The number of hydrogen-bond acceptors (Lipinski definition) is 4. The first-order valence-electron chi connectivity index (χ1n) is 6.47. The third kappa shape index (κ3) is 4.03. The van der Waals surface area contributed by atoms with E-state index in [-0.39, 0.29) is 30.3 Å². The van der Waals surface area contributed by atoms with Crippen LogP contribution in [0.4, 0.5) is 0 Å². The highest BCUT2D eigenvalue weighted by molar-refractivity contribution is 5.78. The number of esters is 1. The predicted molar refractivity (Wildman–Crippen MR) is 72.4 cm³/mol. The Kier molecular flexibility index (Phi) is 5.06. The molecule has 0 aromatic carbocycles. The molecular weight excluding hydrogens is 244 g/mol. The van der Waals surface area contributed by atoms with Gasteiger partial charge >= 0.3 is 5.97 Å². The number of rotatable bonds is 5. The fraction of sp³-hybridized carbons (Fsp3) is 0.600. The zero-order chi connectivity index (χ0) is 14.6. The minimum atomic E-state index is -0.480. The molecule has 0 spiro atoms. The van der Waals surface area contributed by atoms with Gasteiger partial charge in [-0.2, -0.15) is 0 Å². The van der Waals surface area contributed by atoms with Crippen LogP contribution in [0.5, 0.6) is 0 Å². The number of carbonyl (C=O) groups is 2. The van der Waals surface area contributed by atoms with Crippen LogP contribution in [0.15, 0.2) is 23.3 Å². The van der Waals surface area contributed by atoms with Crippen molar-refractivity contribution in [2.75, 3.05) is 6.61 Å². The summed E-state index contributed by atoms with van der Waals surface area (Å²) in [7, 11) is 0. The molecule has 0 aromatic rings. The highest BCUT2D eigenvalue weighted by Gasteiger charge is 2.29. The van der Waals surface area contributed by atoms with E-state index in [9.17, 15) is 9.59 Å². The minimum Gasteiger partial charge on any atom is -0.454 e. The van der Waals surface area contributed by atoms with Gasteiger partial charge in [0.05, 0.1) is 6.42 Å². The smallest absolute Gasteiger partial charge is 0.307 e. The summed E-state index contributed by atoms with van der Waals surface area (Å²) in [4.78, 5) is 22.8. The molecule has 2 atom stereocenters. The van der Waals surface area contributed by atoms with Crippen molar-refractivity contribution in [1.82, 2.24) is 0 Å². The van der Waals surface area contributed by atoms with E-state index in [4.69, 9.17) is 9.84 Å². The molecule has 0 amide bonds. The van der Waals surface area contributed by atoms with E-state index in [0.29, 0.717) is 5.57 Å². The maximum atomic E-state index is 11.7. The van der Waals surface area contributed by atoms with Crippen molar-refractivity contribution in [1.29, 1.82) is 0 Å². The highest BCUT2D eigenvalue weighted by Crippen LogP contribution is 2.34. The van der Waals surface area contributed by atoms with Crippen LogP contribution >= 0.6 is 0 Å². The highest BCUT2D eigenvalue weighted by atomic mass is 16.5. The number of aliphatic hydroxyl groups excluding tert-OH is 1. The van der Waals surface area contributed by atoms with Crippen LogP contribution in [0.3, 0.4) is 0 Å². The lowest BCUT2D eigenvalue weighted by Crippen LogP contribution is -2.27. The van der Waals surface area contributed by atoms with Crippen LogP contribution in [-0.2, 0) is 14.3 Å². The number of ether oxygens (including phenoxy) is 1. The summed E-state index contributed by atoms with van der Waals surface area (Å²) in [6.45, 7) is 7.51. The zero-order valence-electron chi connectivity index (χ0n) is 12.0. The Morgan fingerprint density at radius 1 is 1.58 bits per heavy atom. The quantitative estimate of drug-likeness (QED) is 0.470. The molecule has 4 heteroatoms. The molecule has 0 fully saturated rings. The first kappa shape index (κ1) is 15.6. The first-order chi connectivity index (χ1) is 8.80. The number of allylic oxidation sites excluding steroid dienone is 2. The van der Waals surface area contributed by atoms with E-state index in [1.165, 1.54) is 0 Å². The third-order valence-electron chi connectivity index (χ3n) is 3.32. The van der Waals surface area contributed by atoms with Crippen molar-refractivity contribution >= 4 is 12.3 Å². The summed E-state index contributed by atoms with van der Waals surface area (Å²) < 4.78 is 5.35. The standard InChI is InChI=1S/C15H22O4/c1-10(8-16)5-14(18)19-13-6-12(9-17)15(3,4)7-11(13)2/h6-7,9-10,13,16H,5,8H2,1-4H3. The number of carbonyl (C=O) groups excluding carboxylic acids is 2. The second-order valence-electron chi connectivity index (χ2n) is 5.75. The predicted octanol–water partition coefficient (Wildman–Crippen LogP) is 2.03. The second kappa shape index (κ2) is 6.15. The molecule has 0 aliphatic heterocycles. The topological polar surface area (TPSA) is 63.6 Å². The Hall–Kier alpha value is -1.42. The Labute approximate surface area is 114 Å². The molecule has 1 aliphatic rings. The van der Waals surface area contributed by atoms with Gasteiger partial charge in [0.1, 0.15) is 12.4 Å². The second-order valence-corrected chi connectivity index (χ2v) is 5.75. The molecule has 0 aromatic heterocycles. The average molecular weight is 266 g/mol. The third-order valence-corrected chi connectivity index (χ3v) is 3.32. The Balaban J connectivity index is 2.77. The lowest BCUT2D eigenvalue weighted by atomic mass is 9.78. The molecule has 1 rings (SSSR count). The van der Waals surface area contributed by atoms with Crippen LogP contribution in [-0.4, -0.2) is 30.1 Å². The molecule has 1 aliphatic carbocycles. The van der Waals surface area contributed by atoms with Crippen LogP contribution in [0.2, 0.25) is 0 Å². The van der Waals surface area contributed by atoms with E-state index in [2.05, 4.69) is 0 Å². The molecule has 0 radical (unpaired) electrons. The molecule has 1 N–H and O–H groups in total. The van der Waals surface area contributed by atoms with E-state index in [1.54, 1.807) is 13.0 Å². The number of aliphatic hydroxyl groups is 1. The lowest BCUT2D eigenvalue weighted by Gasteiger charge is -2.30. The van der Waals surface area contributed by atoms with Gasteiger partial charge in [0.25, 0.3) is 0 Å². The van der Waals surface area contributed by atoms with Crippen molar-refractivity contribution in [3.05, 3.63) is 23.3 Å². The molecule has 0 saturated heterocycles. The van der Waals surface area contributed by atoms with Gasteiger partial charge in [0.15, 0.2) is 0 Å². The van der Waals surface area contributed by atoms with Crippen molar-refractivity contribution in [2.45, 2.75) is 40.2 Å². The molecule has 0 bridgehead atoms. The van der Waals surface area contributed by atoms with Gasteiger partial charge in [-0.05, 0) is 24.5 Å². The largest absolute Gasteiger partial charge is 0.454 e. The monoisotopic (exact) mass is 266 g/mol. The van der Waals surface area contributed by atoms with E-state index >= 15 is 0 Å². The normalized spacial score (nSPS) is 23.1. The van der Waals surface area contributed by atoms with Gasteiger partial charge in [-0.25, -0.2) is 0 Å². The summed E-state index contributed by atoms with van der Waals surface area (Å²) in [5.74, 6) is -0.480. The Bertz CT molecular complexity index is 418. The van der Waals surface area contributed by atoms with Gasteiger partial charge in [0, 0.05) is 17.6 Å². The number of hydrogen-bond donors (Lipinski definition) is 1. The lowest BCUT2D eigenvalue weighted by molar-refractivity contribution is -0.147. The minimum absolute atomic E-state index is 0.0446. The fourth-order valence-corrected chi connectivity index (χ4v) is 2.10. The fourth-order valence-electron chi connectivity index (χ4n) is 2.10. The summed E-state index contributed by atoms with van der Waals surface area (Å²) in [6, 6.07) is 0. The molecule has 0 heterocycles. The summed E-state index contributed by atoms with van der Waals surface area (Å²) >= 11 is 0. The van der Waals surface area contributed by atoms with Crippen molar-refractivity contribution in [3.63, 3.8) is 0 Å². The molecule has 2 unspecified atom stereocenters. The maximum Gasteiger partial charge on any atom is 0.307 e. The van der Waals surface area contributed by atoms with Gasteiger partial charge in [-0.3, -0.25) is 9.59 Å². The van der Waals surface area contributed by atoms with Gasteiger partial charge in [-0.1, -0.05) is 26.8 Å². The average Bonchev–Trinajstić information content (AvgIpc) is 2.31. The van der Waals surface area contributed by atoms with E-state index in [1.807, 2.05) is 26.8 Å². The Morgan fingerprint density at radius 2 is 2.21 bits per heavy atom. The molecule has 19 heavy (non-hydrogen) atoms. The van der Waals surface area contributed by atoms with Crippen LogP contribution in [0.1, 0.15) is 34.1 Å². The van der Waals surface area contributed by atoms with Crippen molar-refractivity contribution < 1.29 is 19.4 Å². The van der Waals surface area contributed by atoms with Gasteiger partial charge in [-0.15, -0.1) is 0 Å². The van der Waals surface area contributed by atoms with Gasteiger partial charge in [0.2, 0.25) is 0 Å². The van der Waals surface area contributed by atoms with Crippen LogP contribution < -0.4 is 0 Å². The van der Waals surface area contributed by atoms with Crippen LogP contribution in [0, 0.1) is 11.3 Å². The van der Waals surface area contributed by atoms with Gasteiger partial charge < -0.3 is 9.84 Å². The summed E-state index contributed by atoms with van der Waals surface area (Å²) in [5.41, 5.74) is 1.21. The summed E-state index contributed by atoms with van der Waals surface area (Å²) in [5, 5.41) is 8.91. The van der Waals surface area contributed by atoms with Crippen molar-refractivity contribution in [2.24, 2.45) is 11.3 Å². The molecule has 106 valence electrons.